The van der Waals surface area contributed by atoms with Gasteiger partial charge in [-0.1, -0.05) is 73.5 Å². The minimum absolute atomic E-state index is 0.121. The summed E-state index contributed by atoms with van der Waals surface area (Å²) in [4.78, 5) is 49.4. The molecular weight excluding hydrogens is 590 g/mol. The van der Waals surface area contributed by atoms with Gasteiger partial charge in [0.15, 0.2) is 0 Å². The van der Waals surface area contributed by atoms with Crippen LogP contribution in [0.2, 0.25) is 0 Å². The molecule has 0 aromatic heterocycles. The molecule has 3 aromatic rings. The summed E-state index contributed by atoms with van der Waals surface area (Å²) >= 11 is 0. The molecule has 3 aromatic carbocycles. The Morgan fingerprint density at radius 3 is 2.23 bits per heavy atom. The summed E-state index contributed by atoms with van der Waals surface area (Å²) in [5.41, 5.74) is -0.591. The van der Waals surface area contributed by atoms with E-state index in [0.717, 1.165) is 35.0 Å². The zero-order valence-corrected chi connectivity index (χ0v) is 27.2. The Morgan fingerprint density at radius 1 is 0.872 bits per heavy atom. The number of anilines is 2. The maximum Gasteiger partial charge on any atom is 0.253 e. The van der Waals surface area contributed by atoms with Gasteiger partial charge in [0.25, 0.3) is 5.91 Å². The summed E-state index contributed by atoms with van der Waals surface area (Å²) in [5.74, 6) is -2.16. The summed E-state index contributed by atoms with van der Waals surface area (Å²) in [5, 5.41) is 11.4. The van der Waals surface area contributed by atoms with Gasteiger partial charge in [0.1, 0.15) is 11.6 Å². The minimum atomic E-state index is -1.14. The number of unbranched alkanes of at least 4 members (excludes halogenated alkanes) is 3. The molecule has 3 saturated heterocycles. The standard InChI is InChI=1S/C39H45N3O5/c1-4-23-40(30-17-9-8-10-18-30)35(44)32-33-36(45)42(25-13-6-7-14-26-43)34(39(33)22-21-38(32,3)47-39)37(46)41(24-5-2)31-20-19-28-15-11-12-16-29(28)27-31/h4-5,8-12,15-20,27,32-34,43H,1-2,6-7,13-14,21-26H2,3H3/t32-,33-,34?,38+,39?/m0/s1. The van der Waals surface area contributed by atoms with Gasteiger partial charge in [0, 0.05) is 37.6 Å². The van der Waals surface area contributed by atoms with Gasteiger partial charge in [-0.15, -0.1) is 13.2 Å². The zero-order chi connectivity index (χ0) is 33.2. The van der Waals surface area contributed by atoms with Gasteiger partial charge in [0.05, 0.1) is 17.4 Å². The third-order valence-corrected chi connectivity index (χ3v) is 10.4. The van der Waals surface area contributed by atoms with Crippen molar-refractivity contribution in [2.24, 2.45) is 11.8 Å². The van der Waals surface area contributed by atoms with Crippen molar-refractivity contribution in [3.8, 4) is 0 Å². The van der Waals surface area contributed by atoms with Crippen molar-refractivity contribution in [1.29, 1.82) is 0 Å². The Hall–Kier alpha value is -4.27. The molecule has 47 heavy (non-hydrogen) atoms. The molecule has 2 bridgehead atoms. The number of hydrogen-bond donors (Lipinski definition) is 1. The van der Waals surface area contributed by atoms with Crippen LogP contribution in [0.15, 0.2) is 98.1 Å². The maximum atomic E-state index is 15.0. The first-order valence-electron chi connectivity index (χ1n) is 16.8. The lowest BCUT2D eigenvalue weighted by Crippen LogP contribution is -2.56. The minimum Gasteiger partial charge on any atom is -0.396 e. The fourth-order valence-electron chi connectivity index (χ4n) is 8.24. The average Bonchev–Trinajstić information content (AvgIpc) is 3.66. The molecule has 0 radical (unpaired) electrons. The number of fused-ring (bicyclic) bond motifs is 2. The van der Waals surface area contributed by atoms with E-state index in [9.17, 15) is 19.5 Å². The van der Waals surface area contributed by atoms with Crippen LogP contribution >= 0.6 is 0 Å². The monoisotopic (exact) mass is 635 g/mol. The number of rotatable bonds is 14. The number of benzene rings is 3. The number of ether oxygens (including phenoxy) is 1. The van der Waals surface area contributed by atoms with Crippen LogP contribution in [-0.2, 0) is 19.1 Å². The van der Waals surface area contributed by atoms with Crippen molar-refractivity contribution in [3.63, 3.8) is 0 Å². The predicted molar refractivity (Wildman–Crippen MR) is 185 cm³/mol. The van der Waals surface area contributed by atoms with Crippen LogP contribution in [0, 0.1) is 11.8 Å². The third kappa shape index (κ3) is 5.68. The zero-order valence-electron chi connectivity index (χ0n) is 27.2. The van der Waals surface area contributed by atoms with Crippen molar-refractivity contribution in [2.75, 3.05) is 36.0 Å². The first kappa shape index (κ1) is 32.7. The molecule has 8 nitrogen and oxygen atoms in total. The molecule has 5 atom stereocenters. The molecule has 1 N–H and O–H groups in total. The normalized spacial score (nSPS) is 26.0. The van der Waals surface area contributed by atoms with E-state index in [1.165, 1.54) is 0 Å². The number of aliphatic hydroxyl groups excluding tert-OH is 1. The van der Waals surface area contributed by atoms with E-state index in [2.05, 4.69) is 13.2 Å². The highest BCUT2D eigenvalue weighted by Gasteiger charge is 2.78. The molecule has 6 rings (SSSR count). The second kappa shape index (κ2) is 13.5. The van der Waals surface area contributed by atoms with Crippen LogP contribution < -0.4 is 9.80 Å². The Labute approximate surface area is 277 Å². The largest absolute Gasteiger partial charge is 0.396 e. The fourth-order valence-corrected chi connectivity index (χ4v) is 8.24. The number of carbonyl (C=O) groups is 3. The van der Waals surface area contributed by atoms with Crippen LogP contribution in [0.3, 0.4) is 0 Å². The molecule has 0 aliphatic carbocycles. The molecule has 3 heterocycles. The Bertz CT molecular complexity index is 1660. The molecule has 3 fully saturated rings. The van der Waals surface area contributed by atoms with E-state index >= 15 is 0 Å². The first-order chi connectivity index (χ1) is 22.8. The van der Waals surface area contributed by atoms with E-state index in [0.29, 0.717) is 32.2 Å². The molecule has 0 saturated carbocycles. The number of amides is 3. The van der Waals surface area contributed by atoms with Crippen LogP contribution in [0.25, 0.3) is 10.8 Å². The SMILES string of the molecule is C=CCN(C(=O)C1N(CCCCCCO)C(=O)[C@@H]2[C@@H](C(=O)N(CC=C)c3ccccc3)[C@@]3(C)CCC12O3)c1ccc2ccccc2c1. The van der Waals surface area contributed by atoms with Crippen molar-refractivity contribution >= 4 is 39.9 Å². The average molecular weight is 636 g/mol. The summed E-state index contributed by atoms with van der Waals surface area (Å²) in [6, 6.07) is 22.5. The van der Waals surface area contributed by atoms with E-state index in [-0.39, 0.29) is 37.4 Å². The van der Waals surface area contributed by atoms with Crippen LogP contribution in [0.5, 0.6) is 0 Å². The topological polar surface area (TPSA) is 90.4 Å². The van der Waals surface area contributed by atoms with Crippen molar-refractivity contribution in [1.82, 2.24) is 4.90 Å². The fraction of sp³-hybridized carbons (Fsp3) is 0.410. The lowest BCUT2D eigenvalue weighted by atomic mass is 9.66. The van der Waals surface area contributed by atoms with E-state index < -0.39 is 29.1 Å². The highest BCUT2D eigenvalue weighted by Crippen LogP contribution is 2.63. The molecule has 3 amide bonds. The van der Waals surface area contributed by atoms with E-state index in [4.69, 9.17) is 4.74 Å². The van der Waals surface area contributed by atoms with Gasteiger partial charge in [-0.05, 0) is 67.6 Å². The summed E-state index contributed by atoms with van der Waals surface area (Å²) in [7, 11) is 0. The van der Waals surface area contributed by atoms with Gasteiger partial charge >= 0.3 is 0 Å². The third-order valence-electron chi connectivity index (χ3n) is 10.4. The second-order valence-electron chi connectivity index (χ2n) is 13.2. The number of likely N-dealkylation sites (tertiary alicyclic amines) is 1. The number of aliphatic hydroxyl groups is 1. The van der Waals surface area contributed by atoms with Gasteiger partial charge < -0.3 is 24.5 Å². The smallest absolute Gasteiger partial charge is 0.253 e. The summed E-state index contributed by atoms with van der Waals surface area (Å²) in [6.45, 7) is 10.8. The first-order valence-corrected chi connectivity index (χ1v) is 16.8. The van der Waals surface area contributed by atoms with Crippen molar-refractivity contribution in [2.45, 2.75) is 62.7 Å². The number of nitrogens with zero attached hydrogens (tertiary/aromatic N) is 3. The number of hydrogen-bond acceptors (Lipinski definition) is 5. The van der Waals surface area contributed by atoms with Crippen LogP contribution in [0.4, 0.5) is 11.4 Å². The summed E-state index contributed by atoms with van der Waals surface area (Å²) in [6.07, 6.45) is 7.47. The van der Waals surface area contributed by atoms with Crippen molar-refractivity contribution in [3.05, 3.63) is 98.1 Å². The Balaban J connectivity index is 1.40. The van der Waals surface area contributed by atoms with Gasteiger partial charge in [0.2, 0.25) is 11.8 Å². The predicted octanol–water partition coefficient (Wildman–Crippen LogP) is 5.90. The Kier molecular flexibility index (Phi) is 9.35. The second-order valence-corrected chi connectivity index (χ2v) is 13.2. The Morgan fingerprint density at radius 2 is 1.53 bits per heavy atom. The van der Waals surface area contributed by atoms with Gasteiger partial charge in [-0.2, -0.15) is 0 Å². The molecular formula is C39H45N3O5. The van der Waals surface area contributed by atoms with Crippen molar-refractivity contribution < 1.29 is 24.2 Å². The molecule has 3 aliphatic rings. The molecule has 246 valence electrons. The van der Waals surface area contributed by atoms with E-state index in [1.54, 1.807) is 26.9 Å². The maximum absolute atomic E-state index is 15.0. The lowest BCUT2D eigenvalue weighted by Gasteiger charge is -2.37. The molecule has 1 spiro atoms. The number of para-hydroxylation sites is 1. The van der Waals surface area contributed by atoms with E-state index in [1.807, 2.05) is 79.7 Å². The molecule has 3 aliphatic heterocycles. The quantitative estimate of drug-likeness (QED) is 0.176. The van der Waals surface area contributed by atoms with Gasteiger partial charge in [-0.3, -0.25) is 14.4 Å². The molecule has 8 heteroatoms. The number of carbonyl (C=O) groups excluding carboxylic acids is 3. The highest BCUT2D eigenvalue weighted by molar-refractivity contribution is 6.07. The highest BCUT2D eigenvalue weighted by atomic mass is 16.5. The molecule has 2 unspecified atom stereocenters. The lowest BCUT2D eigenvalue weighted by molar-refractivity contribution is -0.144. The van der Waals surface area contributed by atoms with Crippen LogP contribution in [-0.4, -0.2) is 71.2 Å². The van der Waals surface area contributed by atoms with Crippen LogP contribution in [0.1, 0.15) is 45.4 Å². The summed E-state index contributed by atoms with van der Waals surface area (Å²) < 4.78 is 6.94. The van der Waals surface area contributed by atoms with Gasteiger partial charge in [-0.25, -0.2) is 0 Å².